The normalized spacial score (nSPS) is 10.6. The molecule has 1 heterocycles. The van der Waals surface area contributed by atoms with Gasteiger partial charge in [-0.15, -0.1) is 0 Å². The van der Waals surface area contributed by atoms with Crippen molar-refractivity contribution in [3.63, 3.8) is 0 Å². The fourth-order valence-electron chi connectivity index (χ4n) is 1.65. The summed E-state index contributed by atoms with van der Waals surface area (Å²) in [5.74, 6) is 0.448. The maximum Gasteiger partial charge on any atom is 0.287 e. The Morgan fingerprint density at radius 2 is 2.10 bits per heavy atom. The Labute approximate surface area is 126 Å². The average Bonchev–Trinajstić information content (AvgIpc) is 2.88. The third-order valence-corrected chi connectivity index (χ3v) is 3.17. The van der Waals surface area contributed by atoms with Gasteiger partial charge in [-0.1, -0.05) is 23.2 Å². The molecule has 0 radical (unpaired) electrons. The molecule has 2 rings (SSSR count). The van der Waals surface area contributed by atoms with Crippen LogP contribution in [0.15, 0.2) is 34.7 Å². The van der Waals surface area contributed by atoms with Crippen molar-refractivity contribution in [2.75, 3.05) is 20.3 Å². The van der Waals surface area contributed by atoms with Crippen molar-refractivity contribution in [1.82, 2.24) is 5.32 Å². The molecule has 2 aromatic rings. The summed E-state index contributed by atoms with van der Waals surface area (Å²) in [5.41, 5.74) is 0.687. The third kappa shape index (κ3) is 3.54. The summed E-state index contributed by atoms with van der Waals surface area (Å²) in [5, 5.41) is 3.69. The molecule has 4 nitrogen and oxygen atoms in total. The molecule has 0 aliphatic heterocycles. The molecule has 20 heavy (non-hydrogen) atoms. The van der Waals surface area contributed by atoms with Gasteiger partial charge >= 0.3 is 0 Å². The van der Waals surface area contributed by atoms with Crippen LogP contribution in [-0.4, -0.2) is 26.2 Å². The number of halogens is 2. The number of amides is 1. The predicted octanol–water partition coefficient (Wildman–Crippen LogP) is 3.63. The summed E-state index contributed by atoms with van der Waals surface area (Å²) in [6.45, 7) is 0.870. The van der Waals surface area contributed by atoms with Gasteiger partial charge in [-0.25, -0.2) is 0 Å². The lowest BCUT2D eigenvalue weighted by Crippen LogP contribution is -2.26. The summed E-state index contributed by atoms with van der Waals surface area (Å²) >= 11 is 11.9. The number of methoxy groups -OCH3 is 1. The number of hydrogen-bond acceptors (Lipinski definition) is 3. The number of ether oxygens (including phenoxy) is 1. The highest BCUT2D eigenvalue weighted by molar-refractivity contribution is 6.36. The fraction of sp³-hybridized carbons (Fsp3) is 0.214. The Hall–Kier alpha value is -1.49. The lowest BCUT2D eigenvalue weighted by molar-refractivity contribution is 0.0910. The van der Waals surface area contributed by atoms with Crippen LogP contribution in [0.3, 0.4) is 0 Å². The van der Waals surface area contributed by atoms with Crippen LogP contribution in [0.1, 0.15) is 10.6 Å². The number of benzene rings is 1. The van der Waals surface area contributed by atoms with Crippen molar-refractivity contribution < 1.29 is 13.9 Å². The molecule has 106 valence electrons. The quantitative estimate of drug-likeness (QED) is 0.858. The van der Waals surface area contributed by atoms with Crippen molar-refractivity contribution >= 4 is 29.1 Å². The molecule has 0 aliphatic rings. The van der Waals surface area contributed by atoms with Crippen molar-refractivity contribution in [2.45, 2.75) is 0 Å². The van der Waals surface area contributed by atoms with Gasteiger partial charge in [0.1, 0.15) is 5.76 Å². The summed E-state index contributed by atoms with van der Waals surface area (Å²) in [4.78, 5) is 11.8. The number of rotatable bonds is 5. The number of nitrogens with one attached hydrogen (secondary N) is 1. The molecule has 0 fully saturated rings. The highest BCUT2D eigenvalue weighted by Crippen LogP contribution is 2.31. The van der Waals surface area contributed by atoms with Crippen molar-refractivity contribution in [1.29, 1.82) is 0 Å². The molecule has 1 N–H and O–H groups in total. The van der Waals surface area contributed by atoms with E-state index in [1.54, 1.807) is 37.4 Å². The van der Waals surface area contributed by atoms with E-state index in [0.717, 1.165) is 0 Å². The van der Waals surface area contributed by atoms with Crippen LogP contribution < -0.4 is 5.32 Å². The zero-order valence-electron chi connectivity index (χ0n) is 10.8. The minimum atomic E-state index is -0.293. The van der Waals surface area contributed by atoms with Gasteiger partial charge < -0.3 is 14.5 Å². The Kier molecular flexibility index (Phi) is 5.06. The molecule has 6 heteroatoms. The highest BCUT2D eigenvalue weighted by atomic mass is 35.5. The monoisotopic (exact) mass is 313 g/mol. The Morgan fingerprint density at radius 1 is 1.30 bits per heavy atom. The molecule has 0 spiro atoms. The minimum absolute atomic E-state index is 0.224. The smallest absolute Gasteiger partial charge is 0.287 e. The van der Waals surface area contributed by atoms with E-state index in [-0.39, 0.29) is 11.7 Å². The zero-order valence-corrected chi connectivity index (χ0v) is 12.3. The molecule has 0 aliphatic carbocycles. The van der Waals surface area contributed by atoms with Gasteiger partial charge in [0.15, 0.2) is 5.76 Å². The zero-order chi connectivity index (χ0) is 14.5. The maximum absolute atomic E-state index is 11.8. The second-order valence-corrected chi connectivity index (χ2v) is 4.88. The molecule has 0 saturated heterocycles. The number of hydrogen-bond donors (Lipinski definition) is 1. The maximum atomic E-state index is 11.8. The van der Waals surface area contributed by atoms with Crippen LogP contribution in [0.2, 0.25) is 10.0 Å². The first-order chi connectivity index (χ1) is 9.61. The number of furan rings is 1. The van der Waals surface area contributed by atoms with Gasteiger partial charge in [0.25, 0.3) is 5.91 Å². The second kappa shape index (κ2) is 6.79. The molecular weight excluding hydrogens is 301 g/mol. The summed E-state index contributed by atoms with van der Waals surface area (Å²) in [6, 6.07) is 8.38. The third-order valence-electron chi connectivity index (χ3n) is 2.62. The number of carbonyl (C=O) groups excluding carboxylic acids is 1. The van der Waals surface area contributed by atoms with E-state index in [4.69, 9.17) is 32.4 Å². The molecule has 0 bridgehead atoms. The van der Waals surface area contributed by atoms with Gasteiger partial charge in [0, 0.05) is 24.2 Å². The average molecular weight is 314 g/mol. The largest absolute Gasteiger partial charge is 0.451 e. The molecule has 1 aromatic carbocycles. The first-order valence-electron chi connectivity index (χ1n) is 5.94. The van der Waals surface area contributed by atoms with Crippen molar-refractivity contribution in [3.8, 4) is 11.3 Å². The lowest BCUT2D eigenvalue weighted by atomic mass is 10.2. The molecular formula is C14H13Cl2NO3. The van der Waals surface area contributed by atoms with Gasteiger partial charge in [-0.2, -0.15) is 0 Å². The fourth-order valence-corrected chi connectivity index (χ4v) is 2.15. The molecule has 0 unspecified atom stereocenters. The van der Waals surface area contributed by atoms with Crippen LogP contribution in [0, 0.1) is 0 Å². The topological polar surface area (TPSA) is 51.5 Å². The van der Waals surface area contributed by atoms with Crippen molar-refractivity contribution in [2.24, 2.45) is 0 Å². The van der Waals surface area contributed by atoms with Crippen LogP contribution in [0.25, 0.3) is 11.3 Å². The van der Waals surface area contributed by atoms with Gasteiger partial charge in [-0.05, 0) is 30.3 Å². The standard InChI is InChI=1S/C14H13Cl2NO3/c1-19-7-6-17-14(18)13-5-4-12(20-13)10-3-2-9(15)8-11(10)16/h2-5,8H,6-7H2,1H3,(H,17,18). The summed E-state index contributed by atoms with van der Waals surface area (Å²) in [6.07, 6.45) is 0. The van der Waals surface area contributed by atoms with Crippen LogP contribution in [-0.2, 0) is 4.74 Å². The van der Waals surface area contributed by atoms with E-state index in [2.05, 4.69) is 5.32 Å². The predicted molar refractivity (Wildman–Crippen MR) is 78.4 cm³/mol. The lowest BCUT2D eigenvalue weighted by Gasteiger charge is -2.03. The first kappa shape index (κ1) is 14.9. The van der Waals surface area contributed by atoms with E-state index in [1.165, 1.54) is 0 Å². The molecule has 0 saturated carbocycles. The minimum Gasteiger partial charge on any atom is -0.451 e. The molecule has 0 atom stereocenters. The summed E-state index contributed by atoms with van der Waals surface area (Å²) in [7, 11) is 1.57. The number of carbonyl (C=O) groups is 1. The van der Waals surface area contributed by atoms with E-state index in [0.29, 0.717) is 34.5 Å². The molecule has 1 amide bonds. The van der Waals surface area contributed by atoms with Gasteiger partial charge in [0.2, 0.25) is 0 Å². The van der Waals surface area contributed by atoms with E-state index >= 15 is 0 Å². The van der Waals surface area contributed by atoms with Crippen LogP contribution in [0.5, 0.6) is 0 Å². The summed E-state index contributed by atoms with van der Waals surface area (Å²) < 4.78 is 10.4. The Bertz CT molecular complexity index is 610. The van der Waals surface area contributed by atoms with E-state index in [9.17, 15) is 4.79 Å². The van der Waals surface area contributed by atoms with Crippen LogP contribution in [0.4, 0.5) is 0 Å². The molecule has 1 aromatic heterocycles. The highest BCUT2D eigenvalue weighted by Gasteiger charge is 2.13. The van der Waals surface area contributed by atoms with E-state index < -0.39 is 0 Å². The second-order valence-electron chi connectivity index (χ2n) is 4.04. The van der Waals surface area contributed by atoms with Gasteiger partial charge in [0.05, 0.1) is 11.6 Å². The SMILES string of the molecule is COCCNC(=O)c1ccc(-c2ccc(Cl)cc2Cl)o1. The van der Waals surface area contributed by atoms with Gasteiger partial charge in [-0.3, -0.25) is 4.79 Å². The Balaban J connectivity index is 2.14. The Morgan fingerprint density at radius 3 is 2.80 bits per heavy atom. The van der Waals surface area contributed by atoms with Crippen LogP contribution >= 0.6 is 23.2 Å². The van der Waals surface area contributed by atoms with Crippen molar-refractivity contribution in [3.05, 3.63) is 46.1 Å². The van der Waals surface area contributed by atoms with E-state index in [1.807, 2.05) is 0 Å². The first-order valence-corrected chi connectivity index (χ1v) is 6.70.